The van der Waals surface area contributed by atoms with Crippen molar-refractivity contribution >= 4 is 40.3 Å². The molecule has 2 aromatic carbocycles. The van der Waals surface area contributed by atoms with Crippen LogP contribution in [0.2, 0.25) is 0 Å². The lowest BCUT2D eigenvalue weighted by atomic mass is 10.1. The van der Waals surface area contributed by atoms with Gasteiger partial charge >= 0.3 is 0 Å². The fourth-order valence-electron chi connectivity index (χ4n) is 2.57. The molecule has 9 heteroatoms. The van der Waals surface area contributed by atoms with E-state index in [-0.39, 0.29) is 11.7 Å². The molecule has 0 radical (unpaired) electrons. The number of hydrogen-bond acceptors (Lipinski definition) is 7. The number of thiazole rings is 1. The summed E-state index contributed by atoms with van der Waals surface area (Å²) in [5, 5.41) is 14.1. The number of halogens is 1. The average molecular weight is 457 g/mol. The number of rotatable bonds is 7. The minimum Gasteiger partial charge on any atom is -0.346 e. The topological polar surface area (TPSA) is 67.8 Å². The van der Waals surface area contributed by atoms with E-state index in [4.69, 9.17) is 0 Å². The lowest BCUT2D eigenvalue weighted by Gasteiger charge is -2.03. The summed E-state index contributed by atoms with van der Waals surface area (Å²) in [6.07, 6.45) is 0. The molecular formula is C21H17FN4OS3. The van der Waals surface area contributed by atoms with E-state index in [1.807, 2.05) is 36.6 Å². The van der Waals surface area contributed by atoms with Crippen molar-refractivity contribution in [3.63, 3.8) is 0 Å². The van der Waals surface area contributed by atoms with Gasteiger partial charge in [0.2, 0.25) is 5.01 Å². The van der Waals surface area contributed by atoms with E-state index in [1.54, 1.807) is 12.1 Å². The zero-order chi connectivity index (χ0) is 20.9. The quantitative estimate of drug-likeness (QED) is 0.381. The number of hydrogen-bond donors (Lipinski definition) is 1. The fraction of sp³-hybridized carbons (Fsp3) is 0.143. The van der Waals surface area contributed by atoms with E-state index >= 15 is 0 Å². The maximum Gasteiger partial charge on any atom is 0.282 e. The van der Waals surface area contributed by atoms with Gasteiger partial charge in [0.25, 0.3) is 5.91 Å². The predicted molar refractivity (Wildman–Crippen MR) is 119 cm³/mol. The molecule has 0 aliphatic carbocycles. The van der Waals surface area contributed by atoms with Crippen LogP contribution in [-0.2, 0) is 12.3 Å². The number of nitrogens with zero attached hydrogens (tertiary/aromatic N) is 3. The van der Waals surface area contributed by atoms with E-state index < -0.39 is 0 Å². The molecule has 0 aliphatic heterocycles. The summed E-state index contributed by atoms with van der Waals surface area (Å²) in [4.78, 5) is 16.9. The molecule has 4 rings (SSSR count). The van der Waals surface area contributed by atoms with Crippen LogP contribution in [0.4, 0.5) is 4.39 Å². The Morgan fingerprint density at radius 1 is 1.10 bits per heavy atom. The van der Waals surface area contributed by atoms with Crippen LogP contribution in [0.5, 0.6) is 0 Å². The number of aryl methyl sites for hydroxylation is 1. The number of benzene rings is 2. The molecule has 2 aromatic heterocycles. The van der Waals surface area contributed by atoms with Crippen molar-refractivity contribution in [2.24, 2.45) is 0 Å². The maximum atomic E-state index is 13.1. The number of thioether (sulfide) groups is 1. The number of nitrogens with one attached hydrogen (secondary N) is 1. The van der Waals surface area contributed by atoms with Gasteiger partial charge < -0.3 is 5.32 Å². The zero-order valence-corrected chi connectivity index (χ0v) is 18.4. The van der Waals surface area contributed by atoms with E-state index in [9.17, 15) is 9.18 Å². The number of aromatic nitrogens is 3. The highest BCUT2D eigenvalue weighted by Gasteiger charge is 2.14. The van der Waals surface area contributed by atoms with Crippen LogP contribution in [0.1, 0.15) is 25.9 Å². The number of amides is 1. The molecule has 0 unspecified atom stereocenters. The minimum absolute atomic E-state index is 0.225. The van der Waals surface area contributed by atoms with Crippen molar-refractivity contribution in [1.82, 2.24) is 20.5 Å². The fourth-order valence-corrected chi connectivity index (χ4v) is 5.14. The monoisotopic (exact) mass is 456 g/mol. The second-order valence-corrected chi connectivity index (χ2v) is 9.61. The highest BCUT2D eigenvalue weighted by Crippen LogP contribution is 2.31. The van der Waals surface area contributed by atoms with Crippen LogP contribution >= 0.6 is 34.4 Å². The van der Waals surface area contributed by atoms with E-state index in [0.717, 1.165) is 26.2 Å². The highest BCUT2D eigenvalue weighted by molar-refractivity contribution is 8.00. The largest absolute Gasteiger partial charge is 0.346 e. The van der Waals surface area contributed by atoms with Crippen LogP contribution in [0.15, 0.2) is 58.3 Å². The number of carbonyl (C=O) groups excluding carboxylic acids is 1. The molecule has 0 saturated carbocycles. The Balaban J connectivity index is 1.30. The van der Waals surface area contributed by atoms with Crippen LogP contribution in [0.25, 0.3) is 11.3 Å². The molecule has 2 heterocycles. The number of carbonyl (C=O) groups is 1. The van der Waals surface area contributed by atoms with Gasteiger partial charge in [0.05, 0.1) is 11.4 Å². The SMILES string of the molecule is Cc1ccc(CNC(=O)c2nnc(CSc3nc(-c4ccc(F)cc4)cs3)s2)cc1. The van der Waals surface area contributed by atoms with Crippen molar-refractivity contribution < 1.29 is 9.18 Å². The van der Waals surface area contributed by atoms with Crippen molar-refractivity contribution in [2.75, 3.05) is 0 Å². The van der Waals surface area contributed by atoms with Crippen LogP contribution in [-0.4, -0.2) is 21.1 Å². The van der Waals surface area contributed by atoms with Gasteiger partial charge in [0, 0.05) is 17.5 Å². The molecule has 152 valence electrons. The predicted octanol–water partition coefficient (Wildman–Crippen LogP) is 5.33. The molecular weight excluding hydrogens is 439 g/mol. The summed E-state index contributed by atoms with van der Waals surface area (Å²) in [6, 6.07) is 14.3. The Labute approximate surface area is 185 Å². The molecule has 0 bridgehead atoms. The van der Waals surface area contributed by atoms with Crippen LogP contribution in [0.3, 0.4) is 0 Å². The molecule has 0 spiro atoms. The molecule has 1 N–H and O–H groups in total. The average Bonchev–Trinajstić information content (AvgIpc) is 3.42. The molecule has 0 saturated heterocycles. The Morgan fingerprint density at radius 3 is 2.63 bits per heavy atom. The van der Waals surface area contributed by atoms with Gasteiger partial charge in [-0.3, -0.25) is 4.79 Å². The highest BCUT2D eigenvalue weighted by atomic mass is 32.2. The standard InChI is InChI=1S/C21H17FN4OS3/c1-13-2-4-14(5-3-13)10-23-19(27)20-26-25-18(30-20)12-29-21-24-17(11-28-21)15-6-8-16(22)9-7-15/h2-9,11H,10,12H2,1H3,(H,23,27). The first-order chi connectivity index (χ1) is 14.6. The molecule has 4 aromatic rings. The molecule has 0 atom stereocenters. The molecule has 5 nitrogen and oxygen atoms in total. The third-order valence-electron chi connectivity index (χ3n) is 4.18. The summed E-state index contributed by atoms with van der Waals surface area (Å²) in [7, 11) is 0. The van der Waals surface area contributed by atoms with Crippen LogP contribution in [0, 0.1) is 12.7 Å². The summed E-state index contributed by atoms with van der Waals surface area (Å²) in [5.41, 5.74) is 3.91. The van der Waals surface area contributed by atoms with Gasteiger partial charge in [0.1, 0.15) is 10.8 Å². The first-order valence-corrected chi connectivity index (χ1v) is 11.8. The minimum atomic E-state index is -0.265. The van der Waals surface area contributed by atoms with Gasteiger partial charge in [0.15, 0.2) is 4.34 Å². The van der Waals surface area contributed by atoms with Gasteiger partial charge in [-0.15, -0.1) is 21.5 Å². The van der Waals surface area contributed by atoms with E-state index in [1.165, 1.54) is 52.1 Å². The second kappa shape index (κ2) is 9.46. The van der Waals surface area contributed by atoms with Crippen molar-refractivity contribution in [2.45, 2.75) is 23.6 Å². The van der Waals surface area contributed by atoms with Crippen LogP contribution < -0.4 is 5.32 Å². The van der Waals surface area contributed by atoms with Crippen molar-refractivity contribution in [3.8, 4) is 11.3 Å². The van der Waals surface area contributed by atoms with Gasteiger partial charge in [-0.25, -0.2) is 9.37 Å². The maximum absolute atomic E-state index is 13.1. The summed E-state index contributed by atoms with van der Waals surface area (Å²) < 4.78 is 13.9. The van der Waals surface area contributed by atoms with Crippen molar-refractivity contribution in [1.29, 1.82) is 0 Å². The third kappa shape index (κ3) is 5.29. The molecule has 0 fully saturated rings. The first kappa shape index (κ1) is 20.6. The smallest absolute Gasteiger partial charge is 0.282 e. The van der Waals surface area contributed by atoms with Gasteiger partial charge in [-0.1, -0.05) is 52.9 Å². The molecule has 1 amide bonds. The summed E-state index contributed by atoms with van der Waals surface area (Å²) in [6.45, 7) is 2.48. The normalized spacial score (nSPS) is 10.9. The first-order valence-electron chi connectivity index (χ1n) is 9.07. The molecule has 30 heavy (non-hydrogen) atoms. The van der Waals surface area contributed by atoms with Gasteiger partial charge in [-0.2, -0.15) is 0 Å². The Hall–Kier alpha value is -2.62. The third-order valence-corrected chi connectivity index (χ3v) is 7.31. The van der Waals surface area contributed by atoms with Crippen molar-refractivity contribution in [3.05, 3.63) is 80.9 Å². The zero-order valence-electron chi connectivity index (χ0n) is 16.0. The van der Waals surface area contributed by atoms with Gasteiger partial charge in [-0.05, 0) is 36.8 Å². The van der Waals surface area contributed by atoms with E-state index in [0.29, 0.717) is 17.3 Å². The Morgan fingerprint density at radius 2 is 1.87 bits per heavy atom. The summed E-state index contributed by atoms with van der Waals surface area (Å²) >= 11 is 4.34. The second-order valence-electron chi connectivity index (χ2n) is 6.46. The Kier molecular flexibility index (Phi) is 6.51. The van der Waals surface area contributed by atoms with E-state index in [2.05, 4.69) is 20.5 Å². The summed E-state index contributed by atoms with van der Waals surface area (Å²) in [5.74, 6) is 0.0925. The lowest BCUT2D eigenvalue weighted by Crippen LogP contribution is -2.22. The molecule has 0 aliphatic rings. The lowest BCUT2D eigenvalue weighted by molar-refractivity contribution is 0.0950. The Bertz CT molecular complexity index is 1140.